The third-order valence-electron chi connectivity index (χ3n) is 3.37. The fourth-order valence-corrected chi connectivity index (χ4v) is 2.81. The summed E-state index contributed by atoms with van der Waals surface area (Å²) in [5.74, 6) is 0.951. The van der Waals surface area contributed by atoms with Gasteiger partial charge in [0.05, 0.1) is 14.2 Å². The van der Waals surface area contributed by atoms with Gasteiger partial charge in [0.15, 0.2) is 0 Å². The van der Waals surface area contributed by atoms with Gasteiger partial charge >= 0.3 is 0 Å². The van der Waals surface area contributed by atoms with Crippen LogP contribution in [0.4, 0.5) is 0 Å². The van der Waals surface area contributed by atoms with Gasteiger partial charge in [0.1, 0.15) is 22.6 Å². The highest BCUT2D eigenvalue weighted by atomic mass is 35.5. The Kier molecular flexibility index (Phi) is 4.76. The monoisotopic (exact) mass is 306 g/mol. The molecule has 0 heterocycles. The lowest BCUT2D eigenvalue weighted by molar-refractivity contribution is 0.214. The summed E-state index contributed by atoms with van der Waals surface area (Å²) in [4.78, 5) is 0. The molecule has 4 heteroatoms. The fraction of sp³-hybridized carbons (Fsp3) is 0.294. The maximum Gasteiger partial charge on any atom is 0.147 e. The van der Waals surface area contributed by atoms with E-state index in [0.29, 0.717) is 22.1 Å². The van der Waals surface area contributed by atoms with Gasteiger partial charge in [-0.2, -0.15) is 0 Å². The number of methoxy groups -OCH3 is 2. The minimum absolute atomic E-state index is 0.362. The molecule has 0 saturated carbocycles. The highest BCUT2D eigenvalue weighted by molar-refractivity contribution is 6.33. The average Bonchev–Trinajstić information content (AvgIpc) is 2.45. The lowest BCUT2D eigenvalue weighted by Gasteiger charge is -2.18. The average molecular weight is 307 g/mol. The molecule has 1 atom stereocenters. The van der Waals surface area contributed by atoms with Gasteiger partial charge in [-0.1, -0.05) is 40.9 Å². The predicted octanol–water partition coefficient (Wildman–Crippen LogP) is 4.06. The number of aliphatic hydroxyl groups excluding tert-OH is 1. The first kappa shape index (κ1) is 15.7. The van der Waals surface area contributed by atoms with E-state index >= 15 is 0 Å². The zero-order valence-electron chi connectivity index (χ0n) is 12.6. The SMILES string of the molecule is COc1ccc(C(O)c2cc(C)cc(C)c2)c(OC)c1Cl. The van der Waals surface area contributed by atoms with E-state index in [0.717, 1.165) is 16.7 Å². The second-order valence-electron chi connectivity index (χ2n) is 5.03. The molecule has 2 rings (SSSR count). The number of hydrogen-bond acceptors (Lipinski definition) is 3. The molecule has 1 unspecified atom stereocenters. The van der Waals surface area contributed by atoms with E-state index in [1.165, 1.54) is 7.11 Å². The zero-order valence-corrected chi connectivity index (χ0v) is 13.4. The molecule has 21 heavy (non-hydrogen) atoms. The summed E-state index contributed by atoms with van der Waals surface area (Å²) in [6.07, 6.45) is -0.804. The molecule has 2 aromatic carbocycles. The highest BCUT2D eigenvalue weighted by Crippen LogP contribution is 2.41. The number of hydrogen-bond donors (Lipinski definition) is 1. The van der Waals surface area contributed by atoms with Crippen LogP contribution in [0.3, 0.4) is 0 Å². The molecule has 2 aromatic rings. The molecule has 0 bridgehead atoms. The number of aliphatic hydroxyl groups is 1. The van der Waals surface area contributed by atoms with Crippen LogP contribution in [0.5, 0.6) is 11.5 Å². The summed E-state index contributed by atoms with van der Waals surface area (Å²) in [6.45, 7) is 4.00. The summed E-state index contributed by atoms with van der Waals surface area (Å²) in [6, 6.07) is 9.47. The molecule has 112 valence electrons. The van der Waals surface area contributed by atoms with Crippen molar-refractivity contribution in [1.82, 2.24) is 0 Å². The standard InChI is InChI=1S/C17H19ClO3/c1-10-7-11(2)9-12(8-10)16(19)13-5-6-14(20-3)15(18)17(13)21-4/h5-9,16,19H,1-4H3. The van der Waals surface area contributed by atoms with Gasteiger partial charge < -0.3 is 14.6 Å². The van der Waals surface area contributed by atoms with E-state index in [1.807, 2.05) is 26.0 Å². The first-order chi connectivity index (χ1) is 9.97. The number of rotatable bonds is 4. The summed E-state index contributed by atoms with van der Waals surface area (Å²) in [5, 5.41) is 11.0. The van der Waals surface area contributed by atoms with Gasteiger partial charge in [-0.05, 0) is 31.5 Å². The smallest absolute Gasteiger partial charge is 0.147 e. The van der Waals surface area contributed by atoms with E-state index in [1.54, 1.807) is 19.2 Å². The third kappa shape index (κ3) is 3.14. The van der Waals surface area contributed by atoms with Gasteiger partial charge in [0.2, 0.25) is 0 Å². The molecule has 0 aliphatic heterocycles. The third-order valence-corrected chi connectivity index (χ3v) is 3.73. The summed E-state index contributed by atoms with van der Waals surface area (Å²) < 4.78 is 10.5. The largest absolute Gasteiger partial charge is 0.495 e. The normalized spacial score (nSPS) is 12.1. The van der Waals surface area contributed by atoms with Gasteiger partial charge in [0, 0.05) is 5.56 Å². The van der Waals surface area contributed by atoms with E-state index in [2.05, 4.69) is 6.07 Å². The van der Waals surface area contributed by atoms with E-state index < -0.39 is 6.10 Å². The molecule has 1 N–H and O–H groups in total. The van der Waals surface area contributed by atoms with Crippen LogP contribution in [-0.2, 0) is 0 Å². The van der Waals surface area contributed by atoms with Gasteiger partial charge in [-0.3, -0.25) is 0 Å². The number of aryl methyl sites for hydroxylation is 2. The summed E-state index contributed by atoms with van der Waals surface area (Å²) >= 11 is 6.25. The molecule has 0 fully saturated rings. The Bertz CT molecular complexity index is 632. The van der Waals surface area contributed by atoms with Crippen molar-refractivity contribution in [1.29, 1.82) is 0 Å². The topological polar surface area (TPSA) is 38.7 Å². The lowest BCUT2D eigenvalue weighted by Crippen LogP contribution is -2.04. The first-order valence-corrected chi connectivity index (χ1v) is 7.02. The van der Waals surface area contributed by atoms with Crippen molar-refractivity contribution >= 4 is 11.6 Å². The van der Waals surface area contributed by atoms with Gasteiger partial charge in [-0.25, -0.2) is 0 Å². The molecular formula is C17H19ClO3. The lowest BCUT2D eigenvalue weighted by atomic mass is 9.97. The van der Waals surface area contributed by atoms with E-state index in [9.17, 15) is 5.11 Å². The summed E-state index contributed by atoms with van der Waals surface area (Å²) in [5.41, 5.74) is 3.63. The van der Waals surface area contributed by atoms with Crippen LogP contribution < -0.4 is 9.47 Å². The van der Waals surface area contributed by atoms with Crippen LogP contribution in [0, 0.1) is 13.8 Å². The molecule has 3 nitrogen and oxygen atoms in total. The van der Waals surface area contributed by atoms with Crippen LogP contribution in [-0.4, -0.2) is 19.3 Å². The molecule has 0 aliphatic carbocycles. The van der Waals surface area contributed by atoms with Crippen molar-refractivity contribution in [3.63, 3.8) is 0 Å². The van der Waals surface area contributed by atoms with Crippen LogP contribution in [0.1, 0.15) is 28.4 Å². The predicted molar refractivity (Wildman–Crippen MR) is 84.5 cm³/mol. The van der Waals surface area contributed by atoms with Crippen LogP contribution in [0.25, 0.3) is 0 Å². The van der Waals surface area contributed by atoms with Crippen molar-refractivity contribution in [2.75, 3.05) is 14.2 Å². The number of ether oxygens (including phenoxy) is 2. The van der Waals surface area contributed by atoms with Crippen LogP contribution in [0.2, 0.25) is 5.02 Å². The zero-order chi connectivity index (χ0) is 15.6. The minimum atomic E-state index is -0.804. The maximum atomic E-state index is 10.7. The Morgan fingerprint density at radius 1 is 1.00 bits per heavy atom. The fourth-order valence-electron chi connectivity index (χ4n) is 2.48. The Balaban J connectivity index is 2.52. The number of halogens is 1. The van der Waals surface area contributed by atoms with Crippen molar-refractivity contribution in [3.05, 3.63) is 57.6 Å². The molecule has 0 amide bonds. The van der Waals surface area contributed by atoms with Crippen molar-refractivity contribution in [3.8, 4) is 11.5 Å². The molecule has 0 saturated heterocycles. The second-order valence-corrected chi connectivity index (χ2v) is 5.41. The molecule has 0 spiro atoms. The minimum Gasteiger partial charge on any atom is -0.495 e. The first-order valence-electron chi connectivity index (χ1n) is 6.64. The van der Waals surface area contributed by atoms with Gasteiger partial charge in [-0.15, -0.1) is 0 Å². The quantitative estimate of drug-likeness (QED) is 0.926. The van der Waals surface area contributed by atoms with Crippen LogP contribution in [0.15, 0.2) is 30.3 Å². The van der Waals surface area contributed by atoms with E-state index in [4.69, 9.17) is 21.1 Å². The molecule has 0 aromatic heterocycles. The number of benzene rings is 2. The molecule has 0 aliphatic rings. The Hall–Kier alpha value is -1.71. The molecular weight excluding hydrogens is 288 g/mol. The Morgan fingerprint density at radius 2 is 1.62 bits per heavy atom. The Labute approximate surface area is 130 Å². The second kappa shape index (κ2) is 6.37. The van der Waals surface area contributed by atoms with E-state index in [-0.39, 0.29) is 0 Å². The van der Waals surface area contributed by atoms with Crippen molar-refractivity contribution in [2.45, 2.75) is 20.0 Å². The van der Waals surface area contributed by atoms with Crippen molar-refractivity contribution in [2.24, 2.45) is 0 Å². The van der Waals surface area contributed by atoms with Crippen LogP contribution >= 0.6 is 11.6 Å². The Morgan fingerprint density at radius 3 is 2.14 bits per heavy atom. The van der Waals surface area contributed by atoms with Crippen molar-refractivity contribution < 1.29 is 14.6 Å². The van der Waals surface area contributed by atoms with Gasteiger partial charge in [0.25, 0.3) is 0 Å². The maximum absolute atomic E-state index is 10.7. The highest BCUT2D eigenvalue weighted by Gasteiger charge is 2.20. The molecule has 0 radical (unpaired) electrons. The summed E-state index contributed by atoms with van der Waals surface area (Å²) in [7, 11) is 3.07.